The van der Waals surface area contributed by atoms with Crippen LogP contribution in [0, 0.1) is 0 Å². The van der Waals surface area contributed by atoms with Gasteiger partial charge >= 0.3 is 0 Å². The van der Waals surface area contributed by atoms with Crippen LogP contribution in [0.15, 0.2) is 73.1 Å². The fourth-order valence-electron chi connectivity index (χ4n) is 2.80. The van der Waals surface area contributed by atoms with Gasteiger partial charge in [0.25, 0.3) is 0 Å². The fraction of sp³-hybridized carbons (Fsp3) is 0.0500. The zero-order chi connectivity index (χ0) is 17.8. The van der Waals surface area contributed by atoms with Crippen LogP contribution in [-0.2, 0) is 6.61 Å². The number of hydrogen-bond donors (Lipinski definition) is 2. The predicted molar refractivity (Wildman–Crippen MR) is 100 cm³/mol. The van der Waals surface area contributed by atoms with Gasteiger partial charge in [-0.2, -0.15) is 10.3 Å². The van der Waals surface area contributed by atoms with Crippen molar-refractivity contribution >= 4 is 5.82 Å². The van der Waals surface area contributed by atoms with Gasteiger partial charge in [0, 0.05) is 23.5 Å². The summed E-state index contributed by atoms with van der Waals surface area (Å²) in [6.45, 7) is 0.447. The van der Waals surface area contributed by atoms with Gasteiger partial charge in [-0.3, -0.25) is 4.98 Å². The maximum absolute atomic E-state index is 6.01. The number of aromatic nitrogens is 4. The summed E-state index contributed by atoms with van der Waals surface area (Å²) >= 11 is 0. The number of rotatable bonds is 5. The number of nitrogens with two attached hydrogens (primary N) is 1. The molecule has 0 saturated heterocycles. The van der Waals surface area contributed by atoms with Crippen molar-refractivity contribution in [2.45, 2.75) is 6.61 Å². The third kappa shape index (κ3) is 3.25. The average Bonchev–Trinajstić information content (AvgIpc) is 3.13. The summed E-state index contributed by atoms with van der Waals surface area (Å²) in [4.78, 5) is 4.20. The third-order valence-corrected chi connectivity index (χ3v) is 4.07. The first-order valence-corrected chi connectivity index (χ1v) is 8.19. The predicted octanol–water partition coefficient (Wildman–Crippen LogP) is 3.69. The van der Waals surface area contributed by atoms with E-state index in [1.807, 2.05) is 54.7 Å². The van der Waals surface area contributed by atoms with Gasteiger partial charge in [-0.25, -0.2) is 0 Å². The highest BCUT2D eigenvalue weighted by atomic mass is 16.5. The Hall–Kier alpha value is -3.67. The van der Waals surface area contributed by atoms with Crippen molar-refractivity contribution < 1.29 is 4.74 Å². The SMILES string of the molecule is Nc1n[nH]nc1-c1cccc(OCc2ccccc2-c2cccnc2)c1. The van der Waals surface area contributed by atoms with Crippen molar-refractivity contribution in [2.24, 2.45) is 0 Å². The number of anilines is 1. The average molecular weight is 343 g/mol. The highest BCUT2D eigenvalue weighted by molar-refractivity contribution is 5.70. The van der Waals surface area contributed by atoms with E-state index in [4.69, 9.17) is 10.5 Å². The van der Waals surface area contributed by atoms with Gasteiger partial charge in [-0.1, -0.05) is 42.5 Å². The normalized spacial score (nSPS) is 10.6. The Labute approximate surface area is 150 Å². The summed E-state index contributed by atoms with van der Waals surface area (Å²) in [6.07, 6.45) is 3.62. The molecule has 0 fully saturated rings. The second-order valence-electron chi connectivity index (χ2n) is 5.77. The van der Waals surface area contributed by atoms with Gasteiger partial charge in [0.1, 0.15) is 18.1 Å². The van der Waals surface area contributed by atoms with Crippen LogP contribution in [0.5, 0.6) is 5.75 Å². The Bertz CT molecular complexity index is 1010. The second-order valence-corrected chi connectivity index (χ2v) is 5.77. The van der Waals surface area contributed by atoms with Gasteiger partial charge in [0.15, 0.2) is 5.82 Å². The monoisotopic (exact) mass is 343 g/mol. The van der Waals surface area contributed by atoms with Crippen LogP contribution in [0.1, 0.15) is 5.56 Å². The minimum Gasteiger partial charge on any atom is -0.489 e. The molecule has 26 heavy (non-hydrogen) atoms. The van der Waals surface area contributed by atoms with E-state index in [2.05, 4.69) is 32.5 Å². The van der Waals surface area contributed by atoms with E-state index in [0.717, 1.165) is 28.0 Å². The Morgan fingerprint density at radius 1 is 0.923 bits per heavy atom. The van der Waals surface area contributed by atoms with E-state index in [1.54, 1.807) is 6.20 Å². The molecule has 6 heteroatoms. The molecule has 0 aliphatic carbocycles. The Balaban J connectivity index is 1.57. The van der Waals surface area contributed by atoms with E-state index < -0.39 is 0 Å². The minimum absolute atomic E-state index is 0.365. The Morgan fingerprint density at radius 2 is 1.81 bits per heavy atom. The Kier molecular flexibility index (Phi) is 4.30. The van der Waals surface area contributed by atoms with E-state index in [1.165, 1.54) is 0 Å². The van der Waals surface area contributed by atoms with Crippen LogP contribution < -0.4 is 10.5 Å². The molecule has 0 radical (unpaired) electrons. The second kappa shape index (κ2) is 7.06. The lowest BCUT2D eigenvalue weighted by Crippen LogP contribution is -1.98. The molecule has 2 heterocycles. The topological polar surface area (TPSA) is 89.7 Å². The molecule has 4 aromatic rings. The summed E-state index contributed by atoms with van der Waals surface area (Å²) in [5, 5.41) is 10.5. The summed E-state index contributed by atoms with van der Waals surface area (Å²) in [5.41, 5.74) is 10.6. The number of pyridine rings is 1. The van der Waals surface area contributed by atoms with Crippen LogP contribution in [0.4, 0.5) is 5.82 Å². The van der Waals surface area contributed by atoms with Gasteiger partial charge in [0.2, 0.25) is 0 Å². The fourth-order valence-corrected chi connectivity index (χ4v) is 2.80. The van der Waals surface area contributed by atoms with Crippen LogP contribution in [0.3, 0.4) is 0 Å². The molecule has 0 saturated carbocycles. The zero-order valence-corrected chi connectivity index (χ0v) is 14.0. The van der Waals surface area contributed by atoms with Crippen molar-refractivity contribution in [3.8, 4) is 28.1 Å². The molecule has 0 atom stereocenters. The first kappa shape index (κ1) is 15.8. The molecule has 2 aromatic carbocycles. The molecule has 0 amide bonds. The maximum Gasteiger partial charge on any atom is 0.173 e. The van der Waals surface area contributed by atoms with Crippen molar-refractivity contribution in [1.29, 1.82) is 0 Å². The molecular formula is C20H17N5O. The molecular weight excluding hydrogens is 326 g/mol. The quantitative estimate of drug-likeness (QED) is 0.577. The number of benzene rings is 2. The minimum atomic E-state index is 0.365. The molecule has 4 rings (SSSR count). The van der Waals surface area contributed by atoms with Crippen LogP contribution in [0.2, 0.25) is 0 Å². The van der Waals surface area contributed by atoms with E-state index in [9.17, 15) is 0 Å². The van der Waals surface area contributed by atoms with Crippen molar-refractivity contribution in [2.75, 3.05) is 5.73 Å². The lowest BCUT2D eigenvalue weighted by Gasteiger charge is -2.11. The number of hydrogen-bond acceptors (Lipinski definition) is 5. The molecule has 0 aliphatic rings. The number of nitrogens with one attached hydrogen (secondary N) is 1. The van der Waals surface area contributed by atoms with E-state index in [-0.39, 0.29) is 0 Å². The maximum atomic E-state index is 6.01. The lowest BCUT2D eigenvalue weighted by molar-refractivity contribution is 0.307. The van der Waals surface area contributed by atoms with Gasteiger partial charge < -0.3 is 10.5 Å². The van der Waals surface area contributed by atoms with Gasteiger partial charge in [-0.05, 0) is 29.3 Å². The summed E-state index contributed by atoms with van der Waals surface area (Å²) in [7, 11) is 0. The van der Waals surface area contributed by atoms with Crippen LogP contribution in [0.25, 0.3) is 22.4 Å². The highest BCUT2D eigenvalue weighted by Gasteiger charge is 2.09. The standard InChI is InChI=1S/C20H17N5O/c21-20-19(23-25-24-20)14-6-3-8-17(11-14)26-13-16-5-1-2-9-18(16)15-7-4-10-22-12-15/h1-12H,13H2,(H3,21,23,24,25). The molecule has 3 N–H and O–H groups in total. The molecule has 0 bridgehead atoms. The van der Waals surface area contributed by atoms with E-state index >= 15 is 0 Å². The van der Waals surface area contributed by atoms with Crippen LogP contribution in [-0.4, -0.2) is 20.4 Å². The molecule has 6 nitrogen and oxygen atoms in total. The van der Waals surface area contributed by atoms with Gasteiger partial charge in [-0.15, -0.1) is 5.10 Å². The smallest absolute Gasteiger partial charge is 0.173 e. The number of nitrogen functional groups attached to an aromatic ring is 1. The highest BCUT2D eigenvalue weighted by Crippen LogP contribution is 2.27. The molecule has 0 unspecified atom stereocenters. The lowest BCUT2D eigenvalue weighted by atomic mass is 10.0. The Morgan fingerprint density at radius 3 is 2.62 bits per heavy atom. The van der Waals surface area contributed by atoms with Crippen LogP contribution >= 0.6 is 0 Å². The molecule has 0 aliphatic heterocycles. The van der Waals surface area contributed by atoms with Crippen molar-refractivity contribution in [1.82, 2.24) is 20.4 Å². The first-order chi connectivity index (χ1) is 12.8. The molecule has 2 aromatic heterocycles. The summed E-state index contributed by atoms with van der Waals surface area (Å²) in [5.74, 6) is 1.11. The van der Waals surface area contributed by atoms with Gasteiger partial charge in [0.05, 0.1) is 0 Å². The number of ether oxygens (including phenoxy) is 1. The summed E-state index contributed by atoms with van der Waals surface area (Å²) in [6, 6.07) is 19.8. The largest absolute Gasteiger partial charge is 0.489 e. The van der Waals surface area contributed by atoms with Crippen molar-refractivity contribution in [3.05, 3.63) is 78.6 Å². The van der Waals surface area contributed by atoms with E-state index in [0.29, 0.717) is 18.1 Å². The number of aromatic amines is 1. The molecule has 128 valence electrons. The zero-order valence-electron chi connectivity index (χ0n) is 14.0. The van der Waals surface area contributed by atoms with Crippen molar-refractivity contribution in [3.63, 3.8) is 0 Å². The molecule has 0 spiro atoms. The number of H-pyrrole nitrogens is 1. The first-order valence-electron chi connectivity index (χ1n) is 8.19. The summed E-state index contributed by atoms with van der Waals surface area (Å²) < 4.78 is 6.01. The number of nitrogens with zero attached hydrogens (tertiary/aromatic N) is 3. The third-order valence-electron chi connectivity index (χ3n) is 4.07.